The standard InChI is InChI=1S/C25H36N8O3/c1-6-17-16-19-22(34)28-10-11-33(19)21(17)30-23(27)29-20(26)9-8-18(7-2)31-12-14-32(15-13-31)24(35)36-25(3,4)5/h6-9,16H,1-2,10-15,26H2,3-5H3,(H,28,34)(H3,27,29,30)/b18-8+,20-9+. The van der Waals surface area contributed by atoms with E-state index in [1.165, 1.54) is 0 Å². The molecule has 3 heterocycles. The fraction of sp³-hybridized carbons (Fsp3) is 0.400. The SMILES string of the molecule is C=C/C(=C\C=C(/N)N/C(N)=N/c1c(C=C)cc2n1CCNC2=O)N1CCN(C(=O)OC(C)(C)C)CC1. The Morgan fingerprint density at radius 1 is 1.14 bits per heavy atom. The summed E-state index contributed by atoms with van der Waals surface area (Å²) < 4.78 is 7.26. The molecule has 1 aromatic heterocycles. The summed E-state index contributed by atoms with van der Waals surface area (Å²) in [5.74, 6) is 0.744. The maximum absolute atomic E-state index is 12.3. The van der Waals surface area contributed by atoms with Gasteiger partial charge in [-0.15, -0.1) is 0 Å². The van der Waals surface area contributed by atoms with Crippen LogP contribution in [0.4, 0.5) is 10.6 Å². The molecule has 0 aliphatic carbocycles. The highest BCUT2D eigenvalue weighted by atomic mass is 16.6. The maximum Gasteiger partial charge on any atom is 0.410 e. The molecule has 0 atom stereocenters. The highest BCUT2D eigenvalue weighted by Crippen LogP contribution is 2.27. The number of amides is 2. The van der Waals surface area contributed by atoms with Gasteiger partial charge in [-0.25, -0.2) is 4.79 Å². The number of hydrogen-bond acceptors (Lipinski definition) is 6. The van der Waals surface area contributed by atoms with Crippen molar-refractivity contribution in [1.29, 1.82) is 0 Å². The zero-order valence-corrected chi connectivity index (χ0v) is 21.2. The zero-order valence-electron chi connectivity index (χ0n) is 21.2. The van der Waals surface area contributed by atoms with E-state index in [-0.39, 0.29) is 23.8 Å². The third-order valence-corrected chi connectivity index (χ3v) is 5.61. The number of allylic oxidation sites excluding steroid dienone is 3. The van der Waals surface area contributed by atoms with Crippen LogP contribution < -0.4 is 22.1 Å². The summed E-state index contributed by atoms with van der Waals surface area (Å²) in [6, 6.07) is 1.73. The van der Waals surface area contributed by atoms with Gasteiger partial charge in [0.05, 0.1) is 0 Å². The molecule has 194 valence electrons. The second kappa shape index (κ2) is 11.1. The highest BCUT2D eigenvalue weighted by Gasteiger charge is 2.26. The number of hydrogen-bond donors (Lipinski definition) is 4. The minimum Gasteiger partial charge on any atom is -0.444 e. The molecule has 11 nitrogen and oxygen atoms in total. The van der Waals surface area contributed by atoms with E-state index in [2.05, 4.69) is 33.7 Å². The van der Waals surface area contributed by atoms with E-state index in [9.17, 15) is 9.59 Å². The number of fused-ring (bicyclic) bond motifs is 1. The first-order valence-corrected chi connectivity index (χ1v) is 11.8. The molecule has 0 bridgehead atoms. The Kier molecular flexibility index (Phi) is 8.13. The molecule has 11 heteroatoms. The number of nitrogens with two attached hydrogens (primary N) is 2. The Morgan fingerprint density at radius 2 is 1.81 bits per heavy atom. The Hall–Kier alpha value is -4.15. The molecular weight excluding hydrogens is 460 g/mol. The number of carbonyl (C=O) groups excluding carboxylic acids is 2. The van der Waals surface area contributed by atoms with Crippen molar-refractivity contribution in [2.24, 2.45) is 16.5 Å². The number of piperazine rings is 1. The monoisotopic (exact) mass is 496 g/mol. The molecule has 2 amide bonds. The van der Waals surface area contributed by atoms with Gasteiger partial charge in [-0.2, -0.15) is 4.99 Å². The van der Waals surface area contributed by atoms with E-state index in [0.29, 0.717) is 56.3 Å². The summed E-state index contributed by atoms with van der Waals surface area (Å²) in [7, 11) is 0. The number of nitrogens with zero attached hydrogens (tertiary/aromatic N) is 4. The van der Waals surface area contributed by atoms with E-state index < -0.39 is 5.60 Å². The quantitative estimate of drug-likeness (QED) is 0.267. The number of ether oxygens (including phenoxy) is 1. The molecule has 0 saturated carbocycles. The van der Waals surface area contributed by atoms with Crippen molar-refractivity contribution >= 4 is 29.9 Å². The maximum atomic E-state index is 12.3. The molecule has 3 rings (SSSR count). The minimum atomic E-state index is -0.524. The third kappa shape index (κ3) is 6.49. The van der Waals surface area contributed by atoms with Crippen LogP contribution in [0.1, 0.15) is 36.8 Å². The summed E-state index contributed by atoms with van der Waals surface area (Å²) in [5, 5.41) is 5.67. The second-order valence-corrected chi connectivity index (χ2v) is 9.41. The molecule has 0 radical (unpaired) electrons. The molecule has 2 aliphatic heterocycles. The van der Waals surface area contributed by atoms with Crippen LogP contribution in [0.2, 0.25) is 0 Å². The van der Waals surface area contributed by atoms with Crippen LogP contribution in [0.25, 0.3) is 6.08 Å². The van der Waals surface area contributed by atoms with Crippen molar-refractivity contribution in [2.75, 3.05) is 32.7 Å². The Balaban J connectivity index is 1.65. The first-order valence-electron chi connectivity index (χ1n) is 11.8. The van der Waals surface area contributed by atoms with Crippen molar-refractivity contribution in [2.45, 2.75) is 32.9 Å². The van der Waals surface area contributed by atoms with Crippen LogP contribution in [-0.4, -0.2) is 70.7 Å². The van der Waals surface area contributed by atoms with Crippen molar-refractivity contribution in [3.63, 3.8) is 0 Å². The molecule has 0 aromatic carbocycles. The predicted molar refractivity (Wildman–Crippen MR) is 141 cm³/mol. The molecule has 6 N–H and O–H groups in total. The second-order valence-electron chi connectivity index (χ2n) is 9.41. The zero-order chi connectivity index (χ0) is 26.5. The first-order chi connectivity index (χ1) is 17.0. The van der Waals surface area contributed by atoms with Crippen molar-refractivity contribution in [3.05, 3.63) is 60.2 Å². The van der Waals surface area contributed by atoms with Gasteiger partial charge in [-0.3, -0.25) is 4.79 Å². The van der Waals surface area contributed by atoms with Gasteiger partial charge in [0, 0.05) is 50.5 Å². The van der Waals surface area contributed by atoms with E-state index >= 15 is 0 Å². The van der Waals surface area contributed by atoms with Gasteiger partial charge in [-0.1, -0.05) is 19.2 Å². The van der Waals surface area contributed by atoms with Gasteiger partial charge in [0.25, 0.3) is 5.91 Å². The normalized spacial score (nSPS) is 17.3. The van der Waals surface area contributed by atoms with E-state index in [1.54, 1.807) is 33.8 Å². The van der Waals surface area contributed by atoms with Gasteiger partial charge in [0.2, 0.25) is 5.96 Å². The molecule has 0 spiro atoms. The predicted octanol–water partition coefficient (Wildman–Crippen LogP) is 1.83. The number of carbonyl (C=O) groups is 2. The van der Waals surface area contributed by atoms with Crippen LogP contribution in [-0.2, 0) is 11.3 Å². The molecule has 1 fully saturated rings. The number of aromatic nitrogens is 1. The molecule has 2 aliphatic rings. The Bertz CT molecular complexity index is 1120. The molecule has 1 aromatic rings. The summed E-state index contributed by atoms with van der Waals surface area (Å²) in [6.45, 7) is 16.7. The van der Waals surface area contributed by atoms with Gasteiger partial charge in [0.1, 0.15) is 22.9 Å². The fourth-order valence-electron chi connectivity index (χ4n) is 3.90. The lowest BCUT2D eigenvalue weighted by atomic mass is 10.2. The van der Waals surface area contributed by atoms with E-state index in [0.717, 1.165) is 5.70 Å². The summed E-state index contributed by atoms with van der Waals surface area (Å²) in [4.78, 5) is 32.7. The van der Waals surface area contributed by atoms with Crippen LogP contribution in [0.3, 0.4) is 0 Å². The third-order valence-electron chi connectivity index (χ3n) is 5.61. The lowest BCUT2D eigenvalue weighted by Gasteiger charge is -2.37. The molecule has 36 heavy (non-hydrogen) atoms. The number of guanidine groups is 1. The number of rotatable bonds is 6. The molecule has 1 saturated heterocycles. The van der Waals surface area contributed by atoms with E-state index in [1.807, 2.05) is 26.8 Å². The summed E-state index contributed by atoms with van der Waals surface area (Å²) in [5.41, 5.74) is 13.8. The van der Waals surface area contributed by atoms with Gasteiger partial charge < -0.3 is 41.2 Å². The van der Waals surface area contributed by atoms with Crippen molar-refractivity contribution in [1.82, 2.24) is 25.0 Å². The lowest BCUT2D eigenvalue weighted by molar-refractivity contribution is 0.0171. The first kappa shape index (κ1) is 26.5. The van der Waals surface area contributed by atoms with Crippen molar-refractivity contribution < 1.29 is 14.3 Å². The van der Waals surface area contributed by atoms with Crippen molar-refractivity contribution in [3.8, 4) is 0 Å². The largest absolute Gasteiger partial charge is 0.444 e. The average molecular weight is 497 g/mol. The summed E-state index contributed by atoms with van der Waals surface area (Å²) in [6.07, 6.45) is 6.56. The molecular formula is C25H36N8O3. The average Bonchev–Trinajstić information content (AvgIpc) is 3.17. The van der Waals surface area contributed by atoms with Crippen LogP contribution in [0.15, 0.2) is 54.0 Å². The topological polar surface area (TPSA) is 143 Å². The van der Waals surface area contributed by atoms with Gasteiger partial charge >= 0.3 is 6.09 Å². The van der Waals surface area contributed by atoms with Crippen LogP contribution in [0.5, 0.6) is 0 Å². The lowest BCUT2D eigenvalue weighted by Crippen LogP contribution is -2.49. The fourth-order valence-corrected chi connectivity index (χ4v) is 3.90. The van der Waals surface area contributed by atoms with Gasteiger partial charge in [-0.05, 0) is 45.1 Å². The Labute approximate surface area is 211 Å². The molecule has 0 unspecified atom stereocenters. The van der Waals surface area contributed by atoms with E-state index in [4.69, 9.17) is 16.2 Å². The number of nitrogens with one attached hydrogen (secondary N) is 2. The number of aliphatic imine (C=N–C) groups is 1. The highest BCUT2D eigenvalue weighted by molar-refractivity contribution is 5.96. The minimum absolute atomic E-state index is 0.0817. The Morgan fingerprint density at radius 3 is 2.42 bits per heavy atom. The summed E-state index contributed by atoms with van der Waals surface area (Å²) >= 11 is 0. The smallest absolute Gasteiger partial charge is 0.410 e. The van der Waals surface area contributed by atoms with Crippen LogP contribution in [0, 0.1) is 0 Å². The van der Waals surface area contributed by atoms with Gasteiger partial charge in [0.15, 0.2) is 0 Å². The van der Waals surface area contributed by atoms with Crippen LogP contribution >= 0.6 is 0 Å².